The van der Waals surface area contributed by atoms with Gasteiger partial charge in [-0.25, -0.2) is 13.2 Å². The maximum Gasteiger partial charge on any atom is 0.338 e. The summed E-state index contributed by atoms with van der Waals surface area (Å²) in [6.07, 6.45) is 0.706. The second kappa shape index (κ2) is 7.56. The number of carbonyl (C=O) groups excluding carboxylic acids is 2. The number of fused-ring (bicyclic) bond motifs is 1. The molecule has 3 rings (SSSR count). The van der Waals surface area contributed by atoms with Crippen LogP contribution in [0, 0.1) is 0 Å². The minimum absolute atomic E-state index is 0.0133. The number of amides is 1. The average molecular weight is 422 g/mol. The number of nitrogens with zero attached hydrogens (tertiary/aromatic N) is 1. The molecule has 0 saturated heterocycles. The Hall–Kier alpha value is -2.38. The van der Waals surface area contributed by atoms with Gasteiger partial charge >= 0.3 is 5.97 Å². The van der Waals surface area contributed by atoms with Crippen molar-refractivity contribution in [3.63, 3.8) is 0 Å². The summed E-state index contributed by atoms with van der Waals surface area (Å²) < 4.78 is 28.9. The Labute approximate surface area is 169 Å². The summed E-state index contributed by atoms with van der Waals surface area (Å²) in [6.45, 7) is 3.44. The molecular formula is C20H20ClNO5S. The fourth-order valence-electron chi connectivity index (χ4n) is 3.29. The molecule has 0 bridgehead atoms. The molecule has 1 aliphatic heterocycles. The Morgan fingerprint density at radius 3 is 2.57 bits per heavy atom. The van der Waals surface area contributed by atoms with Gasteiger partial charge in [-0.15, -0.1) is 0 Å². The second-order valence-corrected chi connectivity index (χ2v) is 9.25. The molecule has 0 aliphatic carbocycles. The van der Waals surface area contributed by atoms with E-state index in [1.807, 2.05) is 31.2 Å². The first kappa shape index (κ1) is 20.4. The van der Waals surface area contributed by atoms with Gasteiger partial charge in [0.1, 0.15) is 0 Å². The molecule has 0 N–H and O–H groups in total. The highest BCUT2D eigenvalue weighted by molar-refractivity contribution is 7.90. The zero-order valence-corrected chi connectivity index (χ0v) is 17.3. The predicted molar refractivity (Wildman–Crippen MR) is 107 cm³/mol. The number of para-hydroxylation sites is 1. The first-order chi connectivity index (χ1) is 13.1. The minimum Gasteiger partial charge on any atom is -0.449 e. The highest BCUT2D eigenvalue weighted by atomic mass is 35.5. The topological polar surface area (TPSA) is 80.8 Å². The van der Waals surface area contributed by atoms with Crippen LogP contribution in [0.2, 0.25) is 5.02 Å². The summed E-state index contributed by atoms with van der Waals surface area (Å²) in [7, 11) is -3.60. The van der Waals surface area contributed by atoms with Gasteiger partial charge < -0.3 is 9.64 Å². The Morgan fingerprint density at radius 1 is 1.21 bits per heavy atom. The smallest absolute Gasteiger partial charge is 0.338 e. The zero-order chi connectivity index (χ0) is 20.6. The quantitative estimate of drug-likeness (QED) is 0.708. The van der Waals surface area contributed by atoms with Crippen LogP contribution in [-0.4, -0.2) is 38.7 Å². The molecule has 0 fully saturated rings. The number of ether oxygens (including phenoxy) is 1. The molecule has 148 valence electrons. The Kier molecular flexibility index (Phi) is 5.50. The Bertz CT molecular complexity index is 1050. The van der Waals surface area contributed by atoms with Crippen LogP contribution in [0.1, 0.15) is 29.8 Å². The lowest BCUT2D eigenvalue weighted by atomic mass is 10.1. The maximum absolute atomic E-state index is 12.9. The highest BCUT2D eigenvalue weighted by Gasteiger charge is 2.34. The van der Waals surface area contributed by atoms with Crippen molar-refractivity contribution in [2.75, 3.05) is 11.2 Å². The summed E-state index contributed by atoms with van der Waals surface area (Å²) in [4.78, 5) is 26.8. The van der Waals surface area contributed by atoms with Crippen LogP contribution in [0.5, 0.6) is 0 Å². The minimum atomic E-state index is -3.60. The van der Waals surface area contributed by atoms with E-state index in [1.54, 1.807) is 4.90 Å². The first-order valence-corrected chi connectivity index (χ1v) is 11.0. The molecule has 6 nitrogen and oxygen atoms in total. The third kappa shape index (κ3) is 3.91. The van der Waals surface area contributed by atoms with Gasteiger partial charge in [0.15, 0.2) is 15.9 Å². The first-order valence-electron chi connectivity index (χ1n) is 8.71. The van der Waals surface area contributed by atoms with E-state index in [0.717, 1.165) is 30.0 Å². The van der Waals surface area contributed by atoms with E-state index in [1.165, 1.54) is 19.1 Å². The maximum atomic E-state index is 12.9. The molecule has 0 aromatic heterocycles. The van der Waals surface area contributed by atoms with Crippen molar-refractivity contribution >= 4 is 39.0 Å². The number of carbonyl (C=O) groups is 2. The van der Waals surface area contributed by atoms with Gasteiger partial charge in [-0.2, -0.15) is 0 Å². The fraction of sp³-hybridized carbons (Fsp3) is 0.300. The van der Waals surface area contributed by atoms with Gasteiger partial charge in [-0.05, 0) is 50.1 Å². The molecule has 2 atom stereocenters. The van der Waals surface area contributed by atoms with Gasteiger partial charge in [0.25, 0.3) is 5.91 Å². The molecule has 2 aromatic carbocycles. The van der Waals surface area contributed by atoms with Crippen LogP contribution in [-0.2, 0) is 25.8 Å². The van der Waals surface area contributed by atoms with Crippen molar-refractivity contribution in [2.45, 2.75) is 37.3 Å². The van der Waals surface area contributed by atoms with Gasteiger partial charge in [0.2, 0.25) is 0 Å². The molecule has 0 saturated carbocycles. The number of anilines is 1. The lowest BCUT2D eigenvalue weighted by molar-refractivity contribution is -0.126. The number of rotatable bonds is 4. The summed E-state index contributed by atoms with van der Waals surface area (Å²) >= 11 is 5.90. The van der Waals surface area contributed by atoms with E-state index in [9.17, 15) is 18.0 Å². The van der Waals surface area contributed by atoms with Crippen LogP contribution in [0.4, 0.5) is 5.69 Å². The Balaban J connectivity index is 1.79. The number of esters is 1. The van der Waals surface area contributed by atoms with Gasteiger partial charge in [0.05, 0.1) is 15.5 Å². The van der Waals surface area contributed by atoms with E-state index >= 15 is 0 Å². The molecule has 28 heavy (non-hydrogen) atoms. The van der Waals surface area contributed by atoms with Crippen molar-refractivity contribution < 1.29 is 22.7 Å². The molecular weight excluding hydrogens is 402 g/mol. The molecule has 8 heteroatoms. The third-order valence-electron chi connectivity index (χ3n) is 4.64. The largest absolute Gasteiger partial charge is 0.449 e. The summed E-state index contributed by atoms with van der Waals surface area (Å²) in [5, 5.41) is 0.0191. The second-order valence-electron chi connectivity index (χ2n) is 6.86. The van der Waals surface area contributed by atoms with E-state index in [4.69, 9.17) is 16.3 Å². The summed E-state index contributed by atoms with van der Waals surface area (Å²) in [6, 6.07) is 11.4. The van der Waals surface area contributed by atoms with E-state index in [0.29, 0.717) is 0 Å². The molecule has 1 amide bonds. The lowest BCUT2D eigenvalue weighted by Crippen LogP contribution is -2.43. The van der Waals surface area contributed by atoms with Gasteiger partial charge in [-0.1, -0.05) is 29.8 Å². The van der Waals surface area contributed by atoms with Crippen LogP contribution in [0.25, 0.3) is 0 Å². The van der Waals surface area contributed by atoms with Crippen molar-refractivity contribution in [2.24, 2.45) is 0 Å². The third-order valence-corrected chi connectivity index (χ3v) is 6.22. The molecule has 0 radical (unpaired) electrons. The van der Waals surface area contributed by atoms with Crippen molar-refractivity contribution in [1.29, 1.82) is 0 Å². The average Bonchev–Trinajstić information content (AvgIpc) is 2.95. The SMILES string of the molecule is C[C@@H]1Cc2ccccc2N1C(=O)[C@@H](C)OC(=O)c1ccc(Cl)c(S(C)(=O)=O)c1. The van der Waals surface area contributed by atoms with Gasteiger partial charge in [0, 0.05) is 18.0 Å². The number of hydrogen-bond donors (Lipinski definition) is 0. The van der Waals surface area contributed by atoms with Crippen LogP contribution >= 0.6 is 11.6 Å². The van der Waals surface area contributed by atoms with E-state index in [-0.39, 0.29) is 27.4 Å². The Morgan fingerprint density at radius 2 is 1.89 bits per heavy atom. The van der Waals surface area contributed by atoms with Crippen LogP contribution in [0.3, 0.4) is 0 Å². The predicted octanol–water partition coefficient (Wildman–Crippen LogP) is 3.27. The normalized spacial score (nSPS) is 17.1. The standard InChI is InChI=1S/C20H20ClNO5S/c1-12-10-14-6-4-5-7-17(14)22(12)19(23)13(2)27-20(24)15-8-9-16(21)18(11-15)28(3,25)26/h4-9,11-13H,10H2,1-3H3/t12-,13-/m1/s1. The summed E-state index contributed by atoms with van der Waals surface area (Å²) in [5.41, 5.74) is 1.89. The van der Waals surface area contributed by atoms with Crippen LogP contribution in [0.15, 0.2) is 47.4 Å². The highest BCUT2D eigenvalue weighted by Crippen LogP contribution is 2.32. The number of hydrogen-bond acceptors (Lipinski definition) is 5. The monoisotopic (exact) mass is 421 g/mol. The number of halogens is 1. The molecule has 1 aliphatic rings. The van der Waals surface area contributed by atoms with Crippen molar-refractivity contribution in [1.82, 2.24) is 0 Å². The van der Waals surface area contributed by atoms with Crippen LogP contribution < -0.4 is 4.90 Å². The van der Waals surface area contributed by atoms with Crippen molar-refractivity contribution in [3.8, 4) is 0 Å². The zero-order valence-electron chi connectivity index (χ0n) is 15.7. The van der Waals surface area contributed by atoms with E-state index in [2.05, 4.69) is 0 Å². The lowest BCUT2D eigenvalue weighted by Gasteiger charge is -2.26. The van der Waals surface area contributed by atoms with E-state index < -0.39 is 21.9 Å². The fourth-order valence-corrected chi connectivity index (χ4v) is 4.59. The number of sulfone groups is 1. The van der Waals surface area contributed by atoms with Crippen molar-refractivity contribution in [3.05, 3.63) is 58.6 Å². The molecule has 2 aromatic rings. The van der Waals surface area contributed by atoms with Gasteiger partial charge in [-0.3, -0.25) is 4.79 Å². The molecule has 0 spiro atoms. The summed E-state index contributed by atoms with van der Waals surface area (Å²) in [5.74, 6) is -1.12. The molecule has 1 heterocycles. The number of benzene rings is 2. The molecule has 0 unspecified atom stereocenters.